The van der Waals surface area contributed by atoms with Crippen LogP contribution < -0.4 is 9.46 Å². The van der Waals surface area contributed by atoms with Gasteiger partial charge in [-0.1, -0.05) is 23.7 Å². The van der Waals surface area contributed by atoms with E-state index in [1.54, 1.807) is 42.5 Å². The molecule has 2 aromatic rings. The Morgan fingerprint density at radius 2 is 2.00 bits per heavy atom. The van der Waals surface area contributed by atoms with Gasteiger partial charge in [0.1, 0.15) is 5.75 Å². The molecule has 1 atom stereocenters. The molecule has 8 heteroatoms. The van der Waals surface area contributed by atoms with Crippen molar-refractivity contribution in [1.29, 1.82) is 0 Å². The number of ether oxygens (including phenoxy) is 1. The van der Waals surface area contributed by atoms with Crippen LogP contribution in [0.3, 0.4) is 0 Å². The number of amides is 1. The summed E-state index contributed by atoms with van der Waals surface area (Å²) in [5, 5.41) is 0.484. The predicted molar refractivity (Wildman–Crippen MR) is 113 cm³/mol. The molecule has 1 unspecified atom stereocenters. The smallest absolute Gasteiger partial charge is 0.257 e. The highest BCUT2D eigenvalue weighted by Gasteiger charge is 2.31. The maximum atomic E-state index is 13.1. The fourth-order valence-corrected chi connectivity index (χ4v) is 5.37. The Bertz CT molecular complexity index is 1030. The van der Waals surface area contributed by atoms with Crippen LogP contribution in [0.1, 0.15) is 41.6 Å². The molecule has 0 aromatic heterocycles. The van der Waals surface area contributed by atoms with Gasteiger partial charge in [-0.2, -0.15) is 0 Å². The summed E-state index contributed by atoms with van der Waals surface area (Å²) in [6.45, 7) is 1.27. The summed E-state index contributed by atoms with van der Waals surface area (Å²) < 4.78 is 33.6. The minimum Gasteiger partial charge on any atom is -0.493 e. The number of benzene rings is 2. The summed E-state index contributed by atoms with van der Waals surface area (Å²) in [5.74, 6) is 0.195. The van der Waals surface area contributed by atoms with Crippen LogP contribution in [-0.2, 0) is 15.8 Å². The van der Waals surface area contributed by atoms with Gasteiger partial charge in [0, 0.05) is 29.7 Å². The Hall–Kier alpha value is -2.25. The summed E-state index contributed by atoms with van der Waals surface area (Å²) >= 11 is 5.94. The fourth-order valence-electron chi connectivity index (χ4n) is 3.98. The molecule has 0 saturated carbocycles. The summed E-state index contributed by atoms with van der Waals surface area (Å²) in [5.41, 5.74) is 1.34. The minimum absolute atomic E-state index is 0.0970. The summed E-state index contributed by atoms with van der Waals surface area (Å²) in [4.78, 5) is 15.0. The van der Waals surface area contributed by atoms with E-state index in [0.29, 0.717) is 34.2 Å². The molecule has 0 aliphatic carbocycles. The fraction of sp³-hybridized carbons (Fsp3) is 0.381. The highest BCUT2D eigenvalue weighted by Crippen LogP contribution is 2.31. The van der Waals surface area contributed by atoms with Crippen LogP contribution in [0.15, 0.2) is 42.5 Å². The van der Waals surface area contributed by atoms with E-state index in [4.69, 9.17) is 16.3 Å². The molecular weight excluding hydrogens is 412 g/mol. The predicted octanol–water partition coefficient (Wildman–Crippen LogP) is 4.06. The van der Waals surface area contributed by atoms with Crippen molar-refractivity contribution in [2.24, 2.45) is 0 Å². The molecule has 1 amide bonds. The van der Waals surface area contributed by atoms with Crippen molar-refractivity contribution in [2.45, 2.75) is 37.5 Å². The largest absolute Gasteiger partial charge is 0.493 e. The van der Waals surface area contributed by atoms with Gasteiger partial charge in [-0.15, -0.1) is 0 Å². The number of piperidine rings is 1. The monoisotopic (exact) mass is 434 g/mol. The van der Waals surface area contributed by atoms with Gasteiger partial charge in [0.25, 0.3) is 5.91 Å². The maximum absolute atomic E-state index is 13.1. The van der Waals surface area contributed by atoms with Crippen LogP contribution in [0.5, 0.6) is 5.75 Å². The molecule has 1 fully saturated rings. The molecule has 0 radical (unpaired) electrons. The van der Waals surface area contributed by atoms with Crippen molar-refractivity contribution in [2.75, 3.05) is 17.9 Å². The van der Waals surface area contributed by atoms with Crippen LogP contribution in [0.2, 0.25) is 5.02 Å². The van der Waals surface area contributed by atoms with Crippen molar-refractivity contribution in [3.8, 4) is 5.75 Å². The Morgan fingerprint density at radius 1 is 1.14 bits per heavy atom. The summed E-state index contributed by atoms with van der Waals surface area (Å²) in [6.07, 6.45) is 3.91. The van der Waals surface area contributed by atoms with Crippen LogP contribution in [-0.4, -0.2) is 38.4 Å². The molecular formula is C21H23ClN2O4S. The Balaban J connectivity index is 1.57. The van der Waals surface area contributed by atoms with Crippen molar-refractivity contribution >= 4 is 33.2 Å². The first kappa shape index (κ1) is 20.0. The lowest BCUT2D eigenvalue weighted by molar-refractivity contribution is 0.0548. The average Bonchev–Trinajstić information content (AvgIpc) is 2.67. The SMILES string of the molecule is O=C1c2cc(NS(=O)(=O)Cc3cccc(Cl)c3)ccc2OCCC2CCCCN12. The number of rotatable bonds is 4. The normalized spacial score (nSPS) is 19.4. The average molecular weight is 435 g/mol. The number of nitrogens with one attached hydrogen (secondary N) is 1. The zero-order valence-electron chi connectivity index (χ0n) is 15.9. The number of anilines is 1. The maximum Gasteiger partial charge on any atom is 0.257 e. The van der Waals surface area contributed by atoms with Crippen molar-refractivity contribution in [3.05, 3.63) is 58.6 Å². The first-order chi connectivity index (χ1) is 13.9. The molecule has 1 saturated heterocycles. The third-order valence-electron chi connectivity index (χ3n) is 5.33. The van der Waals surface area contributed by atoms with Crippen LogP contribution >= 0.6 is 11.6 Å². The van der Waals surface area contributed by atoms with Gasteiger partial charge in [-0.3, -0.25) is 9.52 Å². The number of halogens is 1. The van der Waals surface area contributed by atoms with Gasteiger partial charge in [-0.25, -0.2) is 8.42 Å². The van der Waals surface area contributed by atoms with Gasteiger partial charge < -0.3 is 9.64 Å². The molecule has 4 rings (SSSR count). The number of hydrogen-bond acceptors (Lipinski definition) is 4. The zero-order chi connectivity index (χ0) is 20.4. The first-order valence-corrected chi connectivity index (χ1v) is 11.8. The molecule has 2 aromatic carbocycles. The molecule has 154 valence electrons. The molecule has 6 nitrogen and oxygen atoms in total. The molecule has 1 N–H and O–H groups in total. The van der Waals surface area contributed by atoms with Crippen LogP contribution in [0.4, 0.5) is 5.69 Å². The third kappa shape index (κ3) is 4.67. The number of carbonyl (C=O) groups excluding carboxylic acids is 1. The van der Waals surface area contributed by atoms with E-state index in [0.717, 1.165) is 32.2 Å². The number of carbonyl (C=O) groups is 1. The summed E-state index contributed by atoms with van der Waals surface area (Å²) in [7, 11) is -3.66. The topological polar surface area (TPSA) is 75.7 Å². The zero-order valence-corrected chi connectivity index (χ0v) is 17.5. The van der Waals surface area contributed by atoms with E-state index < -0.39 is 10.0 Å². The number of hydrogen-bond donors (Lipinski definition) is 1. The minimum atomic E-state index is -3.66. The van der Waals surface area contributed by atoms with Crippen LogP contribution in [0.25, 0.3) is 0 Å². The number of sulfonamides is 1. The van der Waals surface area contributed by atoms with Gasteiger partial charge in [0.15, 0.2) is 0 Å². The molecule has 0 bridgehead atoms. The number of nitrogens with zero attached hydrogens (tertiary/aromatic N) is 1. The highest BCUT2D eigenvalue weighted by atomic mass is 35.5. The second-order valence-corrected chi connectivity index (χ2v) is 9.65. The van der Waals surface area contributed by atoms with Gasteiger partial charge in [-0.05, 0) is 55.2 Å². The van der Waals surface area contributed by atoms with E-state index in [-0.39, 0.29) is 17.7 Å². The lowest BCUT2D eigenvalue weighted by atomic mass is 9.97. The second-order valence-electron chi connectivity index (χ2n) is 7.49. The van der Waals surface area contributed by atoms with Crippen LogP contribution in [0, 0.1) is 0 Å². The first-order valence-electron chi connectivity index (χ1n) is 9.74. The highest BCUT2D eigenvalue weighted by molar-refractivity contribution is 7.91. The van der Waals surface area contributed by atoms with Crippen molar-refractivity contribution < 1.29 is 17.9 Å². The van der Waals surface area contributed by atoms with E-state index in [1.807, 2.05) is 4.90 Å². The Labute approximate surface area is 175 Å². The Kier molecular flexibility index (Phi) is 5.69. The van der Waals surface area contributed by atoms with Gasteiger partial charge in [0.05, 0.1) is 17.9 Å². The molecule has 2 aliphatic rings. The van der Waals surface area contributed by atoms with E-state index in [1.165, 1.54) is 0 Å². The molecule has 29 heavy (non-hydrogen) atoms. The third-order valence-corrected chi connectivity index (χ3v) is 6.82. The summed E-state index contributed by atoms with van der Waals surface area (Å²) in [6, 6.07) is 11.8. The van der Waals surface area contributed by atoms with E-state index in [9.17, 15) is 13.2 Å². The second kappa shape index (κ2) is 8.24. The lowest BCUT2D eigenvalue weighted by Crippen LogP contribution is -2.45. The van der Waals surface area contributed by atoms with E-state index in [2.05, 4.69) is 4.72 Å². The quantitative estimate of drug-likeness (QED) is 0.787. The standard InChI is InChI=1S/C21H23ClN2O4S/c22-16-5-3-4-15(12-16)14-29(26,27)23-17-7-8-20-19(13-17)21(25)24-10-2-1-6-18(24)9-11-28-20/h3-5,7-8,12-13,18,23H,1-2,6,9-11,14H2. The molecule has 0 spiro atoms. The number of fused-ring (bicyclic) bond motifs is 2. The van der Waals surface area contributed by atoms with E-state index >= 15 is 0 Å². The lowest BCUT2D eigenvalue weighted by Gasteiger charge is -2.37. The molecule has 2 heterocycles. The Morgan fingerprint density at radius 3 is 2.83 bits per heavy atom. The molecule has 2 aliphatic heterocycles. The van der Waals surface area contributed by atoms with Gasteiger partial charge in [0.2, 0.25) is 10.0 Å². The van der Waals surface area contributed by atoms with Gasteiger partial charge >= 0.3 is 0 Å². The van der Waals surface area contributed by atoms with Crippen molar-refractivity contribution in [1.82, 2.24) is 4.90 Å². The van der Waals surface area contributed by atoms with Crippen molar-refractivity contribution in [3.63, 3.8) is 0 Å².